The van der Waals surface area contributed by atoms with Crippen molar-refractivity contribution >= 4 is 16.7 Å². The molecular weight excluding hydrogens is 306 g/mol. The maximum absolute atomic E-state index is 10.4. The number of aliphatic hydroxyl groups excluding tert-OH is 1. The lowest BCUT2D eigenvalue weighted by Gasteiger charge is -2.19. The number of benzene rings is 1. The minimum atomic E-state index is -0.584. The van der Waals surface area contributed by atoms with E-state index in [1.807, 2.05) is 32.2 Å². The van der Waals surface area contributed by atoms with Gasteiger partial charge in [-0.15, -0.1) is 0 Å². The van der Waals surface area contributed by atoms with Crippen LogP contribution < -0.4 is 9.64 Å². The third kappa shape index (κ3) is 2.56. The van der Waals surface area contributed by atoms with Gasteiger partial charge in [0.05, 0.1) is 24.5 Å². The van der Waals surface area contributed by atoms with Gasteiger partial charge in [0, 0.05) is 19.0 Å². The van der Waals surface area contributed by atoms with Crippen LogP contribution in [0.2, 0.25) is 0 Å². The Morgan fingerprint density at radius 2 is 2.12 bits per heavy atom. The Morgan fingerprint density at radius 3 is 2.92 bits per heavy atom. The molecule has 1 fully saturated rings. The van der Waals surface area contributed by atoms with Crippen LogP contribution in [-0.2, 0) is 7.05 Å². The summed E-state index contributed by atoms with van der Waals surface area (Å²) in [6.07, 6.45) is 4.11. The highest BCUT2D eigenvalue weighted by molar-refractivity contribution is 5.92. The van der Waals surface area contributed by atoms with Gasteiger partial charge in [0.2, 0.25) is 0 Å². The summed E-state index contributed by atoms with van der Waals surface area (Å²) in [5, 5.41) is 15.5. The number of aryl methyl sites for hydroxylation is 2. The predicted octanol–water partition coefficient (Wildman–Crippen LogP) is 1.30. The van der Waals surface area contributed by atoms with E-state index in [4.69, 9.17) is 4.74 Å². The molecule has 24 heavy (non-hydrogen) atoms. The van der Waals surface area contributed by atoms with E-state index in [0.717, 1.165) is 22.3 Å². The van der Waals surface area contributed by atoms with Gasteiger partial charge >= 0.3 is 0 Å². The van der Waals surface area contributed by atoms with Gasteiger partial charge in [-0.05, 0) is 18.6 Å². The summed E-state index contributed by atoms with van der Waals surface area (Å²) in [5.74, 6) is 1.50. The Labute approximate surface area is 139 Å². The third-order valence-electron chi connectivity index (χ3n) is 4.36. The maximum Gasteiger partial charge on any atom is 0.157 e. The smallest absolute Gasteiger partial charge is 0.157 e. The summed E-state index contributed by atoms with van der Waals surface area (Å²) in [6, 6.07) is 6.01. The summed E-state index contributed by atoms with van der Waals surface area (Å²) in [5.41, 5.74) is 2.03. The second-order valence-corrected chi connectivity index (χ2v) is 6.14. The molecule has 0 unspecified atom stereocenters. The SMILES string of the molecule is Cc1cccc2ncnc(N3C[C@@H](O)[C@H](Oc4cnn(C)c4)C3)c12. The first kappa shape index (κ1) is 14.9. The Hall–Kier alpha value is -2.67. The van der Waals surface area contributed by atoms with Crippen LogP contribution in [0.15, 0.2) is 36.9 Å². The van der Waals surface area contributed by atoms with Gasteiger partial charge in [-0.3, -0.25) is 4.68 Å². The van der Waals surface area contributed by atoms with Crippen LogP contribution in [0.4, 0.5) is 5.82 Å². The molecule has 1 saturated heterocycles. The van der Waals surface area contributed by atoms with Crippen LogP contribution >= 0.6 is 0 Å². The minimum absolute atomic E-state index is 0.316. The minimum Gasteiger partial charge on any atom is -0.482 e. The molecule has 7 nitrogen and oxygen atoms in total. The maximum atomic E-state index is 10.4. The second kappa shape index (κ2) is 5.76. The van der Waals surface area contributed by atoms with E-state index in [2.05, 4.69) is 20.0 Å². The predicted molar refractivity (Wildman–Crippen MR) is 90.1 cm³/mol. The average molecular weight is 325 g/mol. The van der Waals surface area contributed by atoms with Crippen LogP contribution in [0.3, 0.4) is 0 Å². The average Bonchev–Trinajstić information content (AvgIpc) is 3.14. The molecule has 0 spiro atoms. The number of hydrogen-bond donors (Lipinski definition) is 1. The summed E-state index contributed by atoms with van der Waals surface area (Å²) in [7, 11) is 1.83. The van der Waals surface area contributed by atoms with Crippen LogP contribution in [0.1, 0.15) is 5.56 Å². The van der Waals surface area contributed by atoms with Crippen LogP contribution in [0, 0.1) is 6.92 Å². The first-order valence-electron chi connectivity index (χ1n) is 7.90. The molecule has 1 aliphatic rings. The molecule has 124 valence electrons. The van der Waals surface area contributed by atoms with E-state index in [1.165, 1.54) is 0 Å². The molecule has 7 heteroatoms. The fourth-order valence-corrected chi connectivity index (χ4v) is 3.18. The fraction of sp³-hybridized carbons (Fsp3) is 0.353. The number of rotatable bonds is 3. The quantitative estimate of drug-likeness (QED) is 0.782. The topological polar surface area (TPSA) is 76.3 Å². The Kier molecular flexibility index (Phi) is 3.57. The van der Waals surface area contributed by atoms with Crippen molar-refractivity contribution in [3.8, 4) is 5.75 Å². The van der Waals surface area contributed by atoms with Gasteiger partial charge in [-0.25, -0.2) is 9.97 Å². The molecule has 2 aromatic heterocycles. The number of aromatic nitrogens is 4. The summed E-state index contributed by atoms with van der Waals surface area (Å²) >= 11 is 0. The molecule has 0 bridgehead atoms. The van der Waals surface area contributed by atoms with Gasteiger partial charge in [-0.2, -0.15) is 5.10 Å². The largest absolute Gasteiger partial charge is 0.482 e. The molecule has 3 aromatic rings. The van der Waals surface area contributed by atoms with Crippen molar-refractivity contribution in [3.05, 3.63) is 42.5 Å². The van der Waals surface area contributed by atoms with E-state index in [-0.39, 0.29) is 6.10 Å². The lowest BCUT2D eigenvalue weighted by molar-refractivity contribution is 0.0737. The Balaban J connectivity index is 1.62. The number of hydrogen-bond acceptors (Lipinski definition) is 6. The van der Waals surface area contributed by atoms with Crippen LogP contribution in [-0.4, -0.2) is 50.2 Å². The summed E-state index contributed by atoms with van der Waals surface area (Å²) in [6.45, 7) is 3.09. The van der Waals surface area contributed by atoms with E-state index >= 15 is 0 Å². The van der Waals surface area contributed by atoms with Crippen molar-refractivity contribution in [2.45, 2.75) is 19.1 Å². The molecule has 0 amide bonds. The molecular formula is C17H19N5O2. The van der Waals surface area contributed by atoms with Crippen molar-refractivity contribution in [1.29, 1.82) is 0 Å². The molecule has 4 rings (SSSR count). The van der Waals surface area contributed by atoms with Crippen molar-refractivity contribution in [1.82, 2.24) is 19.7 Å². The fourth-order valence-electron chi connectivity index (χ4n) is 3.18. The van der Waals surface area contributed by atoms with Gasteiger partial charge in [0.1, 0.15) is 24.4 Å². The number of fused-ring (bicyclic) bond motifs is 1. The zero-order valence-corrected chi connectivity index (χ0v) is 13.6. The Bertz CT molecular complexity index is 873. The highest BCUT2D eigenvalue weighted by Gasteiger charge is 2.35. The van der Waals surface area contributed by atoms with Gasteiger partial charge in [0.15, 0.2) is 5.75 Å². The molecule has 0 saturated carbocycles. The van der Waals surface area contributed by atoms with E-state index < -0.39 is 6.10 Å². The van der Waals surface area contributed by atoms with Gasteiger partial charge < -0.3 is 14.7 Å². The van der Waals surface area contributed by atoms with Gasteiger partial charge in [-0.1, -0.05) is 12.1 Å². The van der Waals surface area contributed by atoms with Gasteiger partial charge in [0.25, 0.3) is 0 Å². The lowest BCUT2D eigenvalue weighted by atomic mass is 10.1. The molecule has 2 atom stereocenters. The normalized spacial score (nSPS) is 20.7. The van der Waals surface area contributed by atoms with Crippen LogP contribution in [0.25, 0.3) is 10.9 Å². The number of nitrogens with zero attached hydrogens (tertiary/aromatic N) is 5. The Morgan fingerprint density at radius 1 is 1.25 bits per heavy atom. The van der Waals surface area contributed by atoms with E-state index in [1.54, 1.807) is 23.4 Å². The first-order valence-corrected chi connectivity index (χ1v) is 7.90. The number of anilines is 1. The molecule has 1 aromatic carbocycles. The van der Waals surface area contributed by atoms with E-state index in [9.17, 15) is 5.11 Å². The molecule has 3 heterocycles. The summed E-state index contributed by atoms with van der Waals surface area (Å²) in [4.78, 5) is 10.9. The standard InChI is InChI=1S/C17H19N5O2/c1-11-4-3-5-13-16(11)17(19-10-18-13)22-8-14(23)15(9-22)24-12-6-20-21(2)7-12/h3-7,10,14-15,23H,8-9H2,1-2H3/t14-,15-/m1/s1. The molecule has 0 aliphatic carbocycles. The highest BCUT2D eigenvalue weighted by atomic mass is 16.5. The molecule has 0 radical (unpaired) electrons. The number of β-amino-alcohol motifs (C(OH)–C–C–N with tert-alkyl or cyclic N) is 1. The van der Waals surface area contributed by atoms with E-state index in [0.29, 0.717) is 18.8 Å². The lowest BCUT2D eigenvalue weighted by Crippen LogP contribution is -2.29. The monoisotopic (exact) mass is 325 g/mol. The van der Waals surface area contributed by atoms with Crippen molar-refractivity contribution in [3.63, 3.8) is 0 Å². The first-order chi connectivity index (χ1) is 11.6. The zero-order chi connectivity index (χ0) is 16.7. The molecule has 1 aliphatic heterocycles. The summed E-state index contributed by atoms with van der Waals surface area (Å²) < 4.78 is 7.56. The zero-order valence-electron chi connectivity index (χ0n) is 13.6. The van der Waals surface area contributed by atoms with Crippen molar-refractivity contribution < 1.29 is 9.84 Å². The third-order valence-corrected chi connectivity index (χ3v) is 4.36. The van der Waals surface area contributed by atoms with Crippen LogP contribution in [0.5, 0.6) is 5.75 Å². The number of ether oxygens (including phenoxy) is 1. The molecule has 1 N–H and O–H groups in total. The van der Waals surface area contributed by atoms with Crippen molar-refractivity contribution in [2.75, 3.05) is 18.0 Å². The highest BCUT2D eigenvalue weighted by Crippen LogP contribution is 2.29. The number of aliphatic hydroxyl groups is 1. The second-order valence-electron chi connectivity index (χ2n) is 6.14. The van der Waals surface area contributed by atoms with Crippen molar-refractivity contribution in [2.24, 2.45) is 7.05 Å².